The van der Waals surface area contributed by atoms with E-state index in [0.29, 0.717) is 12.3 Å². The molecule has 3 N–H and O–H groups in total. The topological polar surface area (TPSA) is 64.3 Å². The standard InChI is InChI=1S/C13H20N2O2/c1-3-8-15-13(16)9-17-12-6-4-11(5-7-12)10(2)14/h4-7,10H,3,8-9,14H2,1-2H3,(H,15,16)/t10-/m0/s1. The molecule has 0 saturated heterocycles. The van der Waals surface area contributed by atoms with Crippen LogP contribution >= 0.6 is 0 Å². The molecule has 94 valence electrons. The van der Waals surface area contributed by atoms with E-state index in [2.05, 4.69) is 5.32 Å². The minimum Gasteiger partial charge on any atom is -0.484 e. The highest BCUT2D eigenvalue weighted by molar-refractivity contribution is 5.77. The Morgan fingerprint density at radius 3 is 2.59 bits per heavy atom. The second kappa shape index (κ2) is 6.91. The number of carbonyl (C=O) groups is 1. The Balaban J connectivity index is 2.39. The summed E-state index contributed by atoms with van der Waals surface area (Å²) in [5.41, 5.74) is 6.78. The fraction of sp³-hybridized carbons (Fsp3) is 0.462. The maximum Gasteiger partial charge on any atom is 0.257 e. The van der Waals surface area contributed by atoms with Gasteiger partial charge in [0.25, 0.3) is 5.91 Å². The van der Waals surface area contributed by atoms with E-state index in [1.54, 1.807) is 0 Å². The molecule has 17 heavy (non-hydrogen) atoms. The van der Waals surface area contributed by atoms with Crippen molar-refractivity contribution in [3.63, 3.8) is 0 Å². The van der Waals surface area contributed by atoms with Crippen molar-refractivity contribution in [1.82, 2.24) is 5.32 Å². The van der Waals surface area contributed by atoms with Crippen LogP contribution in [0.2, 0.25) is 0 Å². The monoisotopic (exact) mass is 236 g/mol. The Morgan fingerprint density at radius 1 is 1.41 bits per heavy atom. The van der Waals surface area contributed by atoms with Crippen molar-refractivity contribution in [3.8, 4) is 5.75 Å². The first-order chi connectivity index (χ1) is 8.13. The molecule has 4 nitrogen and oxygen atoms in total. The summed E-state index contributed by atoms with van der Waals surface area (Å²) in [6.07, 6.45) is 0.925. The molecule has 4 heteroatoms. The molecule has 1 atom stereocenters. The lowest BCUT2D eigenvalue weighted by Gasteiger charge is -2.09. The number of hydrogen-bond acceptors (Lipinski definition) is 3. The van der Waals surface area contributed by atoms with Crippen molar-refractivity contribution >= 4 is 5.91 Å². The van der Waals surface area contributed by atoms with Gasteiger partial charge in [-0.05, 0) is 31.0 Å². The first kappa shape index (κ1) is 13.5. The summed E-state index contributed by atoms with van der Waals surface area (Å²) in [5, 5.41) is 2.75. The van der Waals surface area contributed by atoms with Crippen LogP contribution in [0.3, 0.4) is 0 Å². The molecule has 0 saturated carbocycles. The minimum absolute atomic E-state index is 0.0110. The molecular formula is C13H20N2O2. The maximum absolute atomic E-state index is 11.3. The summed E-state index contributed by atoms with van der Waals surface area (Å²) >= 11 is 0. The second-order valence-corrected chi connectivity index (χ2v) is 4.00. The van der Waals surface area contributed by atoms with E-state index in [4.69, 9.17) is 10.5 Å². The number of hydrogen-bond donors (Lipinski definition) is 2. The van der Waals surface area contributed by atoms with E-state index >= 15 is 0 Å². The van der Waals surface area contributed by atoms with E-state index in [1.807, 2.05) is 38.1 Å². The summed E-state index contributed by atoms with van der Waals surface area (Å²) in [7, 11) is 0. The van der Waals surface area contributed by atoms with Gasteiger partial charge in [0, 0.05) is 12.6 Å². The van der Waals surface area contributed by atoms with E-state index in [1.165, 1.54) is 0 Å². The summed E-state index contributed by atoms with van der Waals surface area (Å²) < 4.78 is 5.35. The average molecular weight is 236 g/mol. The van der Waals surface area contributed by atoms with E-state index < -0.39 is 0 Å². The van der Waals surface area contributed by atoms with Gasteiger partial charge in [-0.1, -0.05) is 19.1 Å². The van der Waals surface area contributed by atoms with E-state index in [9.17, 15) is 4.79 Å². The molecule has 0 aliphatic carbocycles. The minimum atomic E-state index is -0.0943. The molecule has 0 spiro atoms. The number of ether oxygens (including phenoxy) is 1. The molecule has 1 aromatic carbocycles. The molecule has 0 unspecified atom stereocenters. The SMILES string of the molecule is CCCNC(=O)COc1ccc([C@H](C)N)cc1. The predicted octanol–water partition coefficient (Wildman–Crippen LogP) is 1.61. The lowest BCUT2D eigenvalue weighted by Crippen LogP contribution is -2.29. The molecule has 0 aliphatic rings. The third-order valence-corrected chi connectivity index (χ3v) is 2.35. The number of benzene rings is 1. The van der Waals surface area contributed by atoms with Crippen molar-refractivity contribution in [1.29, 1.82) is 0 Å². The number of rotatable bonds is 6. The zero-order valence-corrected chi connectivity index (χ0v) is 10.4. The fourth-order valence-electron chi connectivity index (χ4n) is 1.33. The molecule has 0 aliphatic heterocycles. The summed E-state index contributed by atoms with van der Waals surface area (Å²) in [6, 6.07) is 7.47. The summed E-state index contributed by atoms with van der Waals surface area (Å²) in [4.78, 5) is 11.3. The average Bonchev–Trinajstić information content (AvgIpc) is 2.34. The van der Waals surface area contributed by atoms with Gasteiger partial charge in [-0.25, -0.2) is 0 Å². The van der Waals surface area contributed by atoms with E-state index in [0.717, 1.165) is 12.0 Å². The van der Waals surface area contributed by atoms with Crippen LogP contribution in [0, 0.1) is 0 Å². The molecular weight excluding hydrogens is 216 g/mol. The summed E-state index contributed by atoms with van der Waals surface area (Å²) in [6.45, 7) is 4.67. The first-order valence-electron chi connectivity index (χ1n) is 5.88. The van der Waals surface area contributed by atoms with Crippen LogP contribution in [-0.4, -0.2) is 19.1 Å². The molecule has 0 fully saturated rings. The molecule has 1 amide bonds. The molecule has 0 heterocycles. The third-order valence-electron chi connectivity index (χ3n) is 2.35. The Morgan fingerprint density at radius 2 is 2.06 bits per heavy atom. The van der Waals surface area contributed by atoms with Gasteiger partial charge in [-0.15, -0.1) is 0 Å². The van der Waals surface area contributed by atoms with Gasteiger partial charge < -0.3 is 15.8 Å². The van der Waals surface area contributed by atoms with Crippen molar-refractivity contribution in [2.24, 2.45) is 5.73 Å². The highest BCUT2D eigenvalue weighted by atomic mass is 16.5. The highest BCUT2D eigenvalue weighted by Gasteiger charge is 2.02. The van der Waals surface area contributed by atoms with Gasteiger partial charge in [-0.2, -0.15) is 0 Å². The van der Waals surface area contributed by atoms with Gasteiger partial charge in [-0.3, -0.25) is 4.79 Å². The molecule has 0 bridgehead atoms. The molecule has 0 radical (unpaired) electrons. The lowest BCUT2D eigenvalue weighted by atomic mass is 10.1. The van der Waals surface area contributed by atoms with Gasteiger partial charge in [0.05, 0.1) is 0 Å². The number of carbonyl (C=O) groups excluding carboxylic acids is 1. The van der Waals surface area contributed by atoms with Gasteiger partial charge >= 0.3 is 0 Å². The normalized spacial score (nSPS) is 11.9. The third kappa shape index (κ3) is 4.87. The Kier molecular flexibility index (Phi) is 5.49. The highest BCUT2D eigenvalue weighted by Crippen LogP contribution is 2.15. The largest absolute Gasteiger partial charge is 0.484 e. The van der Waals surface area contributed by atoms with Crippen LogP contribution in [-0.2, 0) is 4.79 Å². The zero-order valence-electron chi connectivity index (χ0n) is 10.4. The first-order valence-corrected chi connectivity index (χ1v) is 5.88. The molecule has 1 aromatic rings. The van der Waals surface area contributed by atoms with Gasteiger partial charge in [0.15, 0.2) is 6.61 Å². The molecule has 1 rings (SSSR count). The predicted molar refractivity (Wildman–Crippen MR) is 67.8 cm³/mol. The van der Waals surface area contributed by atoms with Crippen molar-refractivity contribution < 1.29 is 9.53 Å². The second-order valence-electron chi connectivity index (χ2n) is 4.00. The quantitative estimate of drug-likeness (QED) is 0.788. The number of nitrogens with one attached hydrogen (secondary N) is 1. The number of amides is 1. The summed E-state index contributed by atoms with van der Waals surface area (Å²) in [5.74, 6) is 0.587. The Labute approximate surface area is 102 Å². The van der Waals surface area contributed by atoms with E-state index in [-0.39, 0.29) is 18.6 Å². The van der Waals surface area contributed by atoms with Crippen LogP contribution in [0.1, 0.15) is 31.9 Å². The Hall–Kier alpha value is -1.55. The van der Waals surface area contributed by atoms with Crippen LogP contribution in [0.25, 0.3) is 0 Å². The van der Waals surface area contributed by atoms with Crippen LogP contribution < -0.4 is 15.8 Å². The van der Waals surface area contributed by atoms with Gasteiger partial charge in [0.2, 0.25) is 0 Å². The van der Waals surface area contributed by atoms with Crippen LogP contribution in [0.5, 0.6) is 5.75 Å². The van der Waals surface area contributed by atoms with Crippen molar-refractivity contribution in [3.05, 3.63) is 29.8 Å². The van der Waals surface area contributed by atoms with Crippen LogP contribution in [0.4, 0.5) is 0 Å². The smallest absolute Gasteiger partial charge is 0.257 e. The fourth-order valence-corrected chi connectivity index (χ4v) is 1.33. The van der Waals surface area contributed by atoms with Crippen molar-refractivity contribution in [2.75, 3.05) is 13.2 Å². The number of nitrogens with two attached hydrogens (primary N) is 1. The van der Waals surface area contributed by atoms with Crippen LogP contribution in [0.15, 0.2) is 24.3 Å². The van der Waals surface area contributed by atoms with Gasteiger partial charge in [0.1, 0.15) is 5.75 Å². The maximum atomic E-state index is 11.3. The van der Waals surface area contributed by atoms with Crippen molar-refractivity contribution in [2.45, 2.75) is 26.3 Å². The molecule has 0 aromatic heterocycles. The lowest BCUT2D eigenvalue weighted by molar-refractivity contribution is -0.123. The zero-order chi connectivity index (χ0) is 12.7. The Bertz CT molecular complexity index is 347.